The summed E-state index contributed by atoms with van der Waals surface area (Å²) in [6, 6.07) is 6.43. The van der Waals surface area contributed by atoms with Crippen molar-refractivity contribution in [3.05, 3.63) is 45.0 Å². The molecule has 4 rings (SSSR count). The molecule has 3 heterocycles. The highest BCUT2D eigenvalue weighted by Gasteiger charge is 2.41. The summed E-state index contributed by atoms with van der Waals surface area (Å²) in [4.78, 5) is 38.8. The monoisotopic (exact) mass is 484 g/mol. The van der Waals surface area contributed by atoms with Crippen LogP contribution in [0.1, 0.15) is 12.8 Å². The number of nitrogens with zero attached hydrogens (tertiary/aromatic N) is 3. The van der Waals surface area contributed by atoms with E-state index in [9.17, 15) is 31.2 Å². The maximum Gasteiger partial charge on any atom is 0.273 e. The minimum absolute atomic E-state index is 0.00378. The van der Waals surface area contributed by atoms with Crippen LogP contribution in [0.15, 0.2) is 33.9 Å². The Kier molecular flexibility index (Phi) is 5.98. The van der Waals surface area contributed by atoms with Crippen molar-refractivity contribution in [2.24, 2.45) is 0 Å². The lowest BCUT2D eigenvalue weighted by Gasteiger charge is -2.35. The quantitative estimate of drug-likeness (QED) is 0.557. The number of rotatable bonds is 5. The number of nitrogens with one attached hydrogen (secondary N) is 1. The fourth-order valence-corrected chi connectivity index (χ4v) is 8.68. The van der Waals surface area contributed by atoms with Crippen LogP contribution in [0.2, 0.25) is 0 Å². The van der Waals surface area contributed by atoms with E-state index < -0.39 is 36.2 Å². The normalized spacial score (nSPS) is 21.8. The molecule has 13 heteroatoms. The van der Waals surface area contributed by atoms with E-state index in [2.05, 4.69) is 5.10 Å². The van der Waals surface area contributed by atoms with Crippen LogP contribution in [0.4, 0.5) is 0 Å². The second-order valence-corrected chi connectivity index (χ2v) is 12.5. The van der Waals surface area contributed by atoms with Crippen LogP contribution >= 0.6 is 0 Å². The molecule has 1 amide bonds. The molecule has 1 unspecified atom stereocenters. The van der Waals surface area contributed by atoms with E-state index in [0.29, 0.717) is 0 Å². The molecule has 11 nitrogen and oxygen atoms in total. The van der Waals surface area contributed by atoms with Crippen LogP contribution in [0, 0.1) is 0 Å². The zero-order valence-electron chi connectivity index (χ0n) is 17.3. The van der Waals surface area contributed by atoms with Gasteiger partial charge in [0.2, 0.25) is 15.9 Å². The highest BCUT2D eigenvalue weighted by atomic mass is 32.2. The zero-order valence-corrected chi connectivity index (χ0v) is 18.9. The van der Waals surface area contributed by atoms with Gasteiger partial charge in [0.1, 0.15) is 0 Å². The average molecular weight is 485 g/mol. The fraction of sp³-hybridized carbons (Fsp3) is 0.526. The first-order valence-electron chi connectivity index (χ1n) is 10.3. The number of sulfonamides is 1. The van der Waals surface area contributed by atoms with Gasteiger partial charge < -0.3 is 4.90 Å². The Hall–Kier alpha value is -2.51. The first-order valence-corrected chi connectivity index (χ1v) is 13.6. The first-order chi connectivity index (χ1) is 15.1. The molecule has 2 saturated heterocycles. The molecular weight excluding hydrogens is 460 g/mol. The van der Waals surface area contributed by atoms with Crippen molar-refractivity contribution < 1.29 is 21.6 Å². The number of aromatic nitrogens is 2. The summed E-state index contributed by atoms with van der Waals surface area (Å²) in [5.74, 6) is -0.731. The number of carbonyl (C=O) groups excluding carboxylic acids is 1. The lowest BCUT2D eigenvalue weighted by atomic mass is 10.2. The number of hydrogen-bond acceptors (Lipinski definition) is 7. The Bertz CT molecular complexity index is 1370. The smallest absolute Gasteiger partial charge is 0.273 e. The maximum atomic E-state index is 12.7. The van der Waals surface area contributed by atoms with Gasteiger partial charge in [-0.1, -0.05) is 12.1 Å². The van der Waals surface area contributed by atoms with Crippen LogP contribution in [-0.4, -0.2) is 84.7 Å². The molecule has 1 aromatic carbocycles. The molecule has 0 spiro atoms. The Morgan fingerprint density at radius 3 is 2.34 bits per heavy atom. The molecule has 2 aliphatic heterocycles. The van der Waals surface area contributed by atoms with Gasteiger partial charge in [-0.3, -0.25) is 19.5 Å². The van der Waals surface area contributed by atoms with Gasteiger partial charge in [0, 0.05) is 32.6 Å². The molecule has 1 N–H and O–H groups in total. The van der Waals surface area contributed by atoms with E-state index in [1.54, 1.807) is 24.3 Å². The Morgan fingerprint density at radius 1 is 1.06 bits per heavy atom. The number of carbonyl (C=O) groups is 1. The van der Waals surface area contributed by atoms with Gasteiger partial charge in [-0.05, 0) is 18.6 Å². The zero-order chi connectivity index (χ0) is 23.1. The molecule has 1 aromatic heterocycles. The summed E-state index contributed by atoms with van der Waals surface area (Å²) in [6.45, 7) is 0.548. The average Bonchev–Trinajstić information content (AvgIpc) is 3.15. The minimum Gasteiger partial charge on any atom is -0.340 e. The van der Waals surface area contributed by atoms with Crippen LogP contribution < -0.4 is 11.1 Å². The number of amides is 1. The van der Waals surface area contributed by atoms with E-state index in [0.717, 1.165) is 4.68 Å². The Balaban J connectivity index is 1.37. The first kappa shape index (κ1) is 22.7. The molecule has 2 fully saturated rings. The third-order valence-electron chi connectivity index (χ3n) is 6.00. The third-order valence-corrected chi connectivity index (χ3v) is 10.3. The van der Waals surface area contributed by atoms with Gasteiger partial charge in [-0.2, -0.15) is 4.31 Å². The molecule has 32 heavy (non-hydrogen) atoms. The Labute approximate surface area is 184 Å². The summed E-state index contributed by atoms with van der Waals surface area (Å²) in [5, 5.41) is 2.12. The molecule has 0 saturated carbocycles. The van der Waals surface area contributed by atoms with Gasteiger partial charge >= 0.3 is 0 Å². The van der Waals surface area contributed by atoms with Crippen molar-refractivity contribution in [2.75, 3.05) is 37.7 Å². The van der Waals surface area contributed by atoms with Crippen molar-refractivity contribution >= 4 is 36.5 Å². The predicted octanol–water partition coefficient (Wildman–Crippen LogP) is -1.26. The largest absolute Gasteiger partial charge is 0.340 e. The number of fused-ring (bicyclic) bond motifs is 1. The summed E-state index contributed by atoms with van der Waals surface area (Å²) >= 11 is 0. The summed E-state index contributed by atoms with van der Waals surface area (Å²) in [5.41, 5.74) is -0.809. The molecule has 2 aromatic rings. The second-order valence-electron chi connectivity index (χ2n) is 8.04. The molecule has 0 radical (unpaired) electrons. The van der Waals surface area contributed by atoms with Gasteiger partial charge in [0.15, 0.2) is 9.84 Å². The van der Waals surface area contributed by atoms with Gasteiger partial charge in [-0.25, -0.2) is 21.5 Å². The van der Waals surface area contributed by atoms with Gasteiger partial charge in [0.05, 0.1) is 34.1 Å². The summed E-state index contributed by atoms with van der Waals surface area (Å²) < 4.78 is 51.1. The van der Waals surface area contributed by atoms with Crippen LogP contribution in [0.25, 0.3) is 10.8 Å². The van der Waals surface area contributed by atoms with Crippen molar-refractivity contribution in [1.29, 1.82) is 0 Å². The number of aryl methyl sites for hydroxylation is 1. The van der Waals surface area contributed by atoms with Gasteiger partial charge in [-0.15, -0.1) is 0 Å². The lowest BCUT2D eigenvalue weighted by Crippen LogP contribution is -2.52. The van der Waals surface area contributed by atoms with E-state index in [4.69, 9.17) is 0 Å². The standard InChI is InChI=1S/C19H24N4O7S2/c24-17(5-7-23-19(26)16-4-2-1-3-15(16)18(25)20-23)21-8-10-22(11-9-21)32(29,30)14-6-12-31(27,28)13-14/h1-4,14H,5-13H2,(H,20,25). The number of hydrogen-bond donors (Lipinski definition) is 1. The predicted molar refractivity (Wildman–Crippen MR) is 118 cm³/mol. The highest BCUT2D eigenvalue weighted by molar-refractivity contribution is 7.95. The Morgan fingerprint density at radius 2 is 1.72 bits per heavy atom. The topological polar surface area (TPSA) is 147 Å². The summed E-state index contributed by atoms with van der Waals surface area (Å²) in [7, 11) is -7.06. The van der Waals surface area contributed by atoms with Crippen molar-refractivity contribution in [1.82, 2.24) is 19.0 Å². The molecule has 0 aliphatic carbocycles. The van der Waals surface area contributed by atoms with E-state index in [1.165, 1.54) is 9.21 Å². The number of piperazine rings is 1. The highest BCUT2D eigenvalue weighted by Crippen LogP contribution is 2.23. The van der Waals surface area contributed by atoms with E-state index in [-0.39, 0.29) is 73.8 Å². The molecular formula is C19H24N4O7S2. The lowest BCUT2D eigenvalue weighted by molar-refractivity contribution is -0.132. The maximum absolute atomic E-state index is 12.7. The number of H-pyrrole nitrogens is 1. The molecule has 0 bridgehead atoms. The third kappa shape index (κ3) is 4.36. The van der Waals surface area contributed by atoms with Crippen molar-refractivity contribution in [3.63, 3.8) is 0 Å². The fourth-order valence-electron chi connectivity index (χ4n) is 4.17. The molecule has 2 aliphatic rings. The van der Waals surface area contributed by atoms with E-state index >= 15 is 0 Å². The second kappa shape index (κ2) is 8.45. The number of aromatic amines is 1. The van der Waals surface area contributed by atoms with E-state index in [1.807, 2.05) is 0 Å². The van der Waals surface area contributed by atoms with Crippen LogP contribution in [0.3, 0.4) is 0 Å². The minimum atomic E-state index is -3.74. The van der Waals surface area contributed by atoms with Crippen LogP contribution in [0.5, 0.6) is 0 Å². The summed E-state index contributed by atoms with van der Waals surface area (Å²) in [6.07, 6.45) is 0.0737. The van der Waals surface area contributed by atoms with Gasteiger partial charge in [0.25, 0.3) is 11.1 Å². The van der Waals surface area contributed by atoms with Crippen LogP contribution in [-0.2, 0) is 31.2 Å². The van der Waals surface area contributed by atoms with Crippen molar-refractivity contribution in [2.45, 2.75) is 24.6 Å². The SMILES string of the molecule is O=C(CCn1[nH]c(=O)c2ccccc2c1=O)N1CCN(S(=O)(=O)C2CCS(=O)(=O)C2)CC1. The molecule has 1 atom stereocenters. The molecule has 174 valence electrons. The number of sulfone groups is 1. The van der Waals surface area contributed by atoms with Crippen molar-refractivity contribution in [3.8, 4) is 0 Å². The number of benzene rings is 1.